The molecule has 4 aliphatic rings. The molecule has 0 radical (unpaired) electrons. The summed E-state index contributed by atoms with van der Waals surface area (Å²) in [6.07, 6.45) is 7.09. The number of H-pyrrole nitrogens is 1. The summed E-state index contributed by atoms with van der Waals surface area (Å²) < 4.78 is 21.3. The molecule has 2 bridgehead atoms. The number of aliphatic carboxylic acids is 1. The van der Waals surface area contributed by atoms with Crippen LogP contribution in [-0.4, -0.2) is 82.4 Å². The molecule has 1 aromatic heterocycles. The summed E-state index contributed by atoms with van der Waals surface area (Å²) in [6.45, 7) is 1.47. The number of halogens is 1. The number of hydrogen-bond donors (Lipinski definition) is 7. The second-order valence-corrected chi connectivity index (χ2v) is 17.6. The molecule has 348 valence electrons. The summed E-state index contributed by atoms with van der Waals surface area (Å²) in [5.74, 6) is 0.514. The maximum absolute atomic E-state index is 15.4. The van der Waals surface area contributed by atoms with E-state index in [2.05, 4.69) is 43.4 Å². The van der Waals surface area contributed by atoms with Crippen molar-refractivity contribution in [3.63, 3.8) is 0 Å². The van der Waals surface area contributed by atoms with Crippen LogP contribution in [0, 0.1) is 29.0 Å². The van der Waals surface area contributed by atoms with Crippen LogP contribution in [0.4, 0.5) is 4.39 Å². The number of rotatable bonds is 10. The Hall–Kier alpha value is -7.99. The van der Waals surface area contributed by atoms with Crippen LogP contribution in [0.3, 0.4) is 0 Å². The van der Waals surface area contributed by atoms with E-state index >= 15 is 4.39 Å². The molecule has 0 spiro atoms. The fourth-order valence-corrected chi connectivity index (χ4v) is 8.88. The van der Waals surface area contributed by atoms with Gasteiger partial charge in [-0.1, -0.05) is 116 Å². The third kappa shape index (κ3) is 10.8. The van der Waals surface area contributed by atoms with Gasteiger partial charge in [0.05, 0.1) is 0 Å². The number of benzene rings is 4. The summed E-state index contributed by atoms with van der Waals surface area (Å²) in [5, 5.41) is 24.0. The minimum atomic E-state index is -1.50. The summed E-state index contributed by atoms with van der Waals surface area (Å²) in [7, 11) is 0. The minimum Gasteiger partial charge on any atom is -0.484 e. The van der Waals surface area contributed by atoms with Crippen molar-refractivity contribution in [2.24, 2.45) is 11.3 Å². The van der Waals surface area contributed by atoms with Crippen LogP contribution >= 0.6 is 0 Å². The molecule has 1 saturated carbocycles. The second kappa shape index (κ2) is 20.3. The Balaban J connectivity index is 1.16. The van der Waals surface area contributed by atoms with Crippen LogP contribution in [0.2, 0.25) is 0 Å². The van der Waals surface area contributed by atoms with Crippen LogP contribution in [0.5, 0.6) is 0 Å². The lowest BCUT2D eigenvalue weighted by molar-refractivity contribution is -0.137. The van der Waals surface area contributed by atoms with Gasteiger partial charge in [-0.05, 0) is 71.2 Å². The Kier molecular flexibility index (Phi) is 13.9. The molecule has 3 heterocycles. The number of nitrogens with one attached hydrogen (secondary N) is 6. The molecule has 2 aliphatic heterocycles. The van der Waals surface area contributed by atoms with Crippen molar-refractivity contribution in [2.75, 3.05) is 13.2 Å². The molecule has 68 heavy (non-hydrogen) atoms. The molecule has 5 aromatic rings. The zero-order chi connectivity index (χ0) is 47.8. The molecular formula is C53H51FN6O8. The van der Waals surface area contributed by atoms with Crippen molar-refractivity contribution in [1.82, 2.24) is 31.6 Å². The van der Waals surface area contributed by atoms with Gasteiger partial charge in [0.1, 0.15) is 29.2 Å². The van der Waals surface area contributed by atoms with Crippen LogP contribution in [-0.2, 0) is 46.3 Å². The highest BCUT2D eigenvalue weighted by Gasteiger charge is 2.66. The highest BCUT2D eigenvalue weighted by Crippen LogP contribution is 2.58. The lowest BCUT2D eigenvalue weighted by atomic mass is 9.76. The van der Waals surface area contributed by atoms with Gasteiger partial charge in [0.15, 0.2) is 12.6 Å². The van der Waals surface area contributed by atoms with Crippen molar-refractivity contribution in [1.29, 1.82) is 0 Å². The van der Waals surface area contributed by atoms with Crippen molar-refractivity contribution in [3.8, 4) is 23.0 Å². The van der Waals surface area contributed by atoms with Gasteiger partial charge in [-0.2, -0.15) is 0 Å². The zero-order valence-corrected chi connectivity index (χ0v) is 37.3. The lowest BCUT2D eigenvalue weighted by Gasteiger charge is -2.32. The van der Waals surface area contributed by atoms with Gasteiger partial charge in [-0.25, -0.2) is 4.39 Å². The van der Waals surface area contributed by atoms with Crippen molar-refractivity contribution in [3.05, 3.63) is 156 Å². The van der Waals surface area contributed by atoms with E-state index in [-0.39, 0.29) is 44.2 Å². The highest BCUT2D eigenvalue weighted by molar-refractivity contribution is 5.99. The smallest absolute Gasteiger partial charge is 0.303 e. The van der Waals surface area contributed by atoms with Crippen molar-refractivity contribution in [2.45, 2.75) is 69.1 Å². The number of carboxylic acids is 1. The van der Waals surface area contributed by atoms with Gasteiger partial charge >= 0.3 is 5.97 Å². The Morgan fingerprint density at radius 3 is 2.29 bits per heavy atom. The fourth-order valence-electron chi connectivity index (χ4n) is 8.88. The third-order valence-corrected chi connectivity index (χ3v) is 12.8. The number of hydrogen-bond acceptors (Lipinski definition) is 7. The Morgan fingerprint density at radius 1 is 0.838 bits per heavy atom. The van der Waals surface area contributed by atoms with E-state index in [1.54, 1.807) is 24.4 Å². The molecule has 1 fully saturated rings. The molecular weight excluding hydrogens is 868 g/mol. The molecule has 0 saturated heterocycles. The maximum Gasteiger partial charge on any atom is 0.303 e. The average Bonchev–Trinajstić information content (AvgIpc) is 3.95. The number of fused-ring (bicyclic) bond motifs is 14. The van der Waals surface area contributed by atoms with Gasteiger partial charge in [0.25, 0.3) is 11.8 Å². The standard InChI is InChI=1S/C53H51FN6O8/c1-52-25-23-38(24-26-52)68-32-46(61)57-42(22-21-37-31-56-41-15-8-6-13-39(37)41)48(64)58-43(28-33-17-19-35(20-18-33)34-10-3-2-4-11-34)49(65)59-44(29-36-12-5-7-14-40(36)54)50(66)60-53(30-45(52)53)51(67)55-27-9-16-47(62)63/h2-8,10-15,17-20,23-25,31,42-45,56H,9,16,26-30,32H2,1H3,(H,55,67)(H,57,61)(H,58,64)(H,59,65)(H,60,66)(H,62,63)/t42?,43-,44?,45-,52?,53?/m1/s1. The number of carboxylic acid groups (broad SMARTS) is 1. The predicted molar refractivity (Wildman–Crippen MR) is 251 cm³/mol. The molecule has 2 aliphatic carbocycles. The zero-order valence-electron chi connectivity index (χ0n) is 37.3. The Bertz CT molecular complexity index is 2870. The number of ether oxygens (including phenoxy) is 1. The van der Waals surface area contributed by atoms with E-state index in [4.69, 9.17) is 4.74 Å². The summed E-state index contributed by atoms with van der Waals surface area (Å²) in [5.41, 5.74) is 1.79. The molecule has 9 rings (SSSR count). The number of aromatic nitrogens is 1. The van der Waals surface area contributed by atoms with E-state index in [0.29, 0.717) is 23.3 Å². The first-order valence-corrected chi connectivity index (χ1v) is 22.5. The minimum absolute atomic E-state index is 0.0260. The molecule has 15 heteroatoms. The number of para-hydroxylation sites is 1. The van der Waals surface area contributed by atoms with E-state index in [0.717, 1.165) is 22.0 Å². The van der Waals surface area contributed by atoms with Gasteiger partial charge < -0.3 is 41.4 Å². The summed E-state index contributed by atoms with van der Waals surface area (Å²) in [6, 6.07) is 26.0. The van der Waals surface area contributed by atoms with Gasteiger partial charge in [0, 0.05) is 54.4 Å². The topological polar surface area (TPSA) is 208 Å². The Morgan fingerprint density at radius 2 is 1.54 bits per heavy atom. The lowest BCUT2D eigenvalue weighted by Crippen LogP contribution is -2.60. The van der Waals surface area contributed by atoms with Crippen LogP contribution in [0.25, 0.3) is 22.0 Å². The van der Waals surface area contributed by atoms with Crippen molar-refractivity contribution < 1.29 is 43.0 Å². The van der Waals surface area contributed by atoms with E-state index in [9.17, 15) is 33.9 Å². The van der Waals surface area contributed by atoms with Gasteiger partial charge in [-0.3, -0.25) is 28.8 Å². The number of allylic oxidation sites excluding steroid dienone is 3. The van der Waals surface area contributed by atoms with Crippen LogP contribution in [0.15, 0.2) is 133 Å². The first kappa shape index (κ1) is 46.5. The average molecular weight is 919 g/mol. The molecule has 7 N–H and O–H groups in total. The number of carbonyl (C=O) groups excluding carboxylic acids is 5. The monoisotopic (exact) mass is 918 g/mol. The van der Waals surface area contributed by atoms with E-state index < -0.39 is 82.9 Å². The molecule has 4 unspecified atom stereocenters. The van der Waals surface area contributed by atoms with Gasteiger partial charge in [-0.15, -0.1) is 0 Å². The number of carbonyl (C=O) groups is 6. The van der Waals surface area contributed by atoms with Gasteiger partial charge in [0.2, 0.25) is 17.7 Å². The predicted octanol–water partition coefficient (Wildman–Crippen LogP) is 5.00. The molecule has 5 amide bonds. The maximum atomic E-state index is 15.4. The molecule has 14 nitrogen and oxygen atoms in total. The molecule has 4 aromatic carbocycles. The van der Waals surface area contributed by atoms with E-state index in [1.807, 2.05) is 91.9 Å². The number of amides is 5. The van der Waals surface area contributed by atoms with Crippen molar-refractivity contribution >= 4 is 46.4 Å². The second-order valence-electron chi connectivity index (χ2n) is 17.6. The normalized spacial score (nSPS) is 23.9. The SMILES string of the molecule is CC12C=CC(=CC1)OCC(=O)NC(C#Cc1c[nH]c3ccccc13)C(=O)N[C@H](Cc1ccc(-c3ccccc3)cc1)C(=O)NC(Cc1ccccc1F)C(=O)NC1(C(=O)NCCCC(=O)O)C[C@H]21. The summed E-state index contributed by atoms with van der Waals surface area (Å²) >= 11 is 0. The third-order valence-electron chi connectivity index (χ3n) is 12.8. The van der Waals surface area contributed by atoms with Crippen LogP contribution in [0.1, 0.15) is 49.3 Å². The highest BCUT2D eigenvalue weighted by atomic mass is 19.1. The Labute approximate surface area is 392 Å². The quantitative estimate of drug-likeness (QED) is 0.0575. The number of aromatic amines is 1. The van der Waals surface area contributed by atoms with E-state index in [1.165, 1.54) is 18.2 Å². The van der Waals surface area contributed by atoms with Crippen LogP contribution < -0.4 is 26.6 Å². The first-order chi connectivity index (χ1) is 32.8. The fraction of sp³-hybridized carbons (Fsp3) is 0.283. The summed E-state index contributed by atoms with van der Waals surface area (Å²) in [4.78, 5) is 86.2. The largest absolute Gasteiger partial charge is 0.484 e. The first-order valence-electron chi connectivity index (χ1n) is 22.5. The molecule has 6 atom stereocenters.